The Labute approximate surface area is 204 Å². The van der Waals surface area contributed by atoms with Crippen molar-refractivity contribution in [2.75, 3.05) is 0 Å². The molecule has 0 fully saturated rings. The number of amides is 1. The first-order chi connectivity index (χ1) is 16.9. The minimum absolute atomic E-state index is 0.0798. The highest BCUT2D eigenvalue weighted by Crippen LogP contribution is 2.39. The van der Waals surface area contributed by atoms with E-state index in [9.17, 15) is 43.6 Å². The van der Waals surface area contributed by atoms with Crippen molar-refractivity contribution >= 4 is 25.2 Å². The first-order valence-electron chi connectivity index (χ1n) is 10.6. The van der Waals surface area contributed by atoms with E-state index >= 15 is 0 Å². The predicted molar refractivity (Wildman–Crippen MR) is 127 cm³/mol. The third-order valence-corrected chi connectivity index (χ3v) is 6.13. The number of nitro benzene ring substituents is 1. The molecule has 10 nitrogen and oxygen atoms in total. The molecule has 3 rings (SSSR count). The molecule has 3 aromatic carbocycles. The monoisotopic (exact) mass is 516 g/mol. The number of carbonyl (C=O) groups is 2. The summed E-state index contributed by atoms with van der Waals surface area (Å²) in [5.74, 6) is -2.36. The smallest absolute Gasteiger partial charge is 0.329 e. The highest BCUT2D eigenvalue weighted by Gasteiger charge is 2.29. The van der Waals surface area contributed by atoms with Crippen LogP contribution in [-0.4, -0.2) is 36.6 Å². The molecular formula is C24H22FN2O8P. The normalized spacial score (nSPS) is 12.1. The number of halogens is 1. The van der Waals surface area contributed by atoms with Crippen molar-refractivity contribution < 1.29 is 38.4 Å². The predicted octanol–water partition coefficient (Wildman–Crippen LogP) is 4.27. The van der Waals surface area contributed by atoms with Gasteiger partial charge in [-0.05, 0) is 41.0 Å². The van der Waals surface area contributed by atoms with Crippen LogP contribution < -0.4 is 0 Å². The standard InChI is InChI=1S/C24H22FN2O8P/c25-20-9-5-18(6-10-20)22(13-23(28)29)26(24(30)19-7-11-21(12-8-19)27(31)32)14-16-1-3-17(4-2-16)15-36(33,34)35/h1-12,22H,13-15H2,(H,28,29)(H2,33,34,35). The van der Waals surface area contributed by atoms with Crippen LogP contribution in [0.15, 0.2) is 72.8 Å². The lowest BCUT2D eigenvalue weighted by molar-refractivity contribution is -0.384. The number of nitro groups is 1. The molecule has 0 radical (unpaired) electrons. The Bertz CT molecular complexity index is 1290. The van der Waals surface area contributed by atoms with Crippen molar-refractivity contribution in [3.05, 3.63) is 111 Å². The van der Waals surface area contributed by atoms with Crippen molar-refractivity contribution in [3.8, 4) is 0 Å². The van der Waals surface area contributed by atoms with Gasteiger partial charge in [-0.3, -0.25) is 24.3 Å². The van der Waals surface area contributed by atoms with Gasteiger partial charge in [0.2, 0.25) is 0 Å². The zero-order chi connectivity index (χ0) is 26.5. The molecule has 3 aromatic rings. The van der Waals surface area contributed by atoms with E-state index in [4.69, 9.17) is 0 Å². The fourth-order valence-electron chi connectivity index (χ4n) is 3.66. The quantitative estimate of drug-likeness (QED) is 0.205. The Morgan fingerprint density at radius 2 is 1.50 bits per heavy atom. The zero-order valence-corrected chi connectivity index (χ0v) is 19.6. The maximum Gasteiger partial charge on any atom is 0.329 e. The van der Waals surface area contributed by atoms with E-state index in [0.29, 0.717) is 16.7 Å². The highest BCUT2D eigenvalue weighted by atomic mass is 31.2. The van der Waals surface area contributed by atoms with Crippen LogP contribution in [0.1, 0.15) is 39.5 Å². The summed E-state index contributed by atoms with van der Waals surface area (Å²) in [4.78, 5) is 55.2. The summed E-state index contributed by atoms with van der Waals surface area (Å²) < 4.78 is 24.8. The molecular weight excluding hydrogens is 494 g/mol. The van der Waals surface area contributed by atoms with Gasteiger partial charge < -0.3 is 19.8 Å². The second-order valence-electron chi connectivity index (χ2n) is 8.04. The summed E-state index contributed by atoms with van der Waals surface area (Å²) >= 11 is 0. The number of carboxylic acids is 1. The molecule has 0 bridgehead atoms. The maximum atomic E-state index is 13.5. The lowest BCUT2D eigenvalue weighted by Crippen LogP contribution is -2.35. The Morgan fingerprint density at radius 3 is 2.00 bits per heavy atom. The number of hydrogen-bond donors (Lipinski definition) is 3. The van der Waals surface area contributed by atoms with Crippen molar-refractivity contribution in [1.29, 1.82) is 0 Å². The van der Waals surface area contributed by atoms with E-state index in [1.54, 1.807) is 12.1 Å². The summed E-state index contributed by atoms with van der Waals surface area (Å²) in [5.41, 5.74) is 1.14. The summed E-state index contributed by atoms with van der Waals surface area (Å²) in [7, 11) is -4.28. The number of aliphatic carboxylic acids is 1. The first kappa shape index (κ1) is 26.7. The van der Waals surface area contributed by atoms with Crippen LogP contribution in [0.2, 0.25) is 0 Å². The van der Waals surface area contributed by atoms with E-state index in [0.717, 1.165) is 24.3 Å². The van der Waals surface area contributed by atoms with Crippen LogP contribution in [0.3, 0.4) is 0 Å². The second-order valence-corrected chi connectivity index (χ2v) is 9.69. The minimum Gasteiger partial charge on any atom is -0.481 e. The fourth-order valence-corrected chi connectivity index (χ4v) is 4.34. The van der Waals surface area contributed by atoms with E-state index < -0.39 is 48.8 Å². The molecule has 36 heavy (non-hydrogen) atoms. The maximum absolute atomic E-state index is 13.5. The number of hydrogen-bond acceptors (Lipinski definition) is 5. The third-order valence-electron chi connectivity index (χ3n) is 5.35. The van der Waals surface area contributed by atoms with Crippen molar-refractivity contribution in [2.45, 2.75) is 25.2 Å². The van der Waals surface area contributed by atoms with Crippen LogP contribution in [0.25, 0.3) is 0 Å². The van der Waals surface area contributed by atoms with Crippen LogP contribution in [0, 0.1) is 15.9 Å². The van der Waals surface area contributed by atoms with Crippen LogP contribution in [0.4, 0.5) is 10.1 Å². The van der Waals surface area contributed by atoms with Gasteiger partial charge in [0.15, 0.2) is 0 Å². The SMILES string of the molecule is O=C(O)CC(c1ccc(F)cc1)N(Cc1ccc(CP(=O)(O)O)cc1)C(=O)c1ccc([N+](=O)[O-])cc1. The molecule has 0 aliphatic heterocycles. The molecule has 0 heterocycles. The molecule has 1 amide bonds. The van der Waals surface area contributed by atoms with E-state index in [2.05, 4.69) is 0 Å². The van der Waals surface area contributed by atoms with Crippen molar-refractivity contribution in [2.24, 2.45) is 0 Å². The van der Waals surface area contributed by atoms with Crippen LogP contribution in [0.5, 0.6) is 0 Å². The number of nitrogens with zero attached hydrogens (tertiary/aromatic N) is 2. The number of benzene rings is 3. The molecule has 0 saturated heterocycles. The van der Waals surface area contributed by atoms with Gasteiger partial charge in [-0.2, -0.15) is 0 Å². The average Bonchev–Trinajstić information content (AvgIpc) is 2.81. The van der Waals surface area contributed by atoms with Crippen molar-refractivity contribution in [1.82, 2.24) is 4.90 Å². The summed E-state index contributed by atoms with van der Waals surface area (Å²) in [6.07, 6.45) is -0.962. The molecule has 12 heteroatoms. The average molecular weight is 516 g/mol. The summed E-state index contributed by atoms with van der Waals surface area (Å²) in [6.45, 7) is -0.0959. The Kier molecular flexibility index (Phi) is 8.31. The highest BCUT2D eigenvalue weighted by molar-refractivity contribution is 7.50. The van der Waals surface area contributed by atoms with E-state index in [1.165, 1.54) is 41.3 Å². The number of non-ortho nitro benzene ring substituents is 1. The first-order valence-corrected chi connectivity index (χ1v) is 12.4. The lowest BCUT2D eigenvalue weighted by atomic mass is 9.99. The van der Waals surface area contributed by atoms with Gasteiger partial charge in [0.25, 0.3) is 11.6 Å². The minimum atomic E-state index is -4.28. The third kappa shape index (κ3) is 7.29. The summed E-state index contributed by atoms with van der Waals surface area (Å²) in [5, 5.41) is 20.5. The van der Waals surface area contributed by atoms with Crippen LogP contribution >= 0.6 is 7.60 Å². The largest absolute Gasteiger partial charge is 0.481 e. The van der Waals surface area contributed by atoms with Gasteiger partial charge in [-0.1, -0.05) is 36.4 Å². The van der Waals surface area contributed by atoms with Gasteiger partial charge in [-0.15, -0.1) is 0 Å². The number of rotatable bonds is 10. The topological polar surface area (TPSA) is 158 Å². The van der Waals surface area contributed by atoms with E-state index in [-0.39, 0.29) is 17.8 Å². The molecule has 188 valence electrons. The molecule has 0 aliphatic carbocycles. The van der Waals surface area contributed by atoms with Gasteiger partial charge in [0, 0.05) is 24.2 Å². The Hall–Kier alpha value is -3.92. The molecule has 1 atom stereocenters. The van der Waals surface area contributed by atoms with Gasteiger partial charge in [0.05, 0.1) is 23.5 Å². The number of carbonyl (C=O) groups excluding carboxylic acids is 1. The molecule has 3 N–H and O–H groups in total. The molecule has 1 unspecified atom stereocenters. The van der Waals surface area contributed by atoms with Crippen molar-refractivity contribution in [3.63, 3.8) is 0 Å². The number of carboxylic acid groups (broad SMARTS) is 1. The van der Waals surface area contributed by atoms with Crippen LogP contribution in [-0.2, 0) is 22.1 Å². The molecule has 0 spiro atoms. The zero-order valence-electron chi connectivity index (χ0n) is 18.7. The Morgan fingerprint density at radius 1 is 0.944 bits per heavy atom. The van der Waals surface area contributed by atoms with Gasteiger partial charge in [-0.25, -0.2) is 4.39 Å². The van der Waals surface area contributed by atoms with Gasteiger partial charge in [0.1, 0.15) is 5.82 Å². The molecule has 0 aromatic heterocycles. The van der Waals surface area contributed by atoms with Gasteiger partial charge >= 0.3 is 13.6 Å². The molecule has 0 saturated carbocycles. The Balaban J connectivity index is 2.01. The van der Waals surface area contributed by atoms with E-state index in [1.807, 2.05) is 0 Å². The second kappa shape index (κ2) is 11.2. The molecule has 0 aliphatic rings. The summed E-state index contributed by atoms with van der Waals surface area (Å²) in [6, 6.07) is 15.0. The fraction of sp³-hybridized carbons (Fsp3) is 0.167. The lowest BCUT2D eigenvalue weighted by Gasteiger charge is -2.32.